The number of nitrogens with one attached hydrogen (secondary N) is 1. The van der Waals surface area contributed by atoms with Gasteiger partial charge in [-0.3, -0.25) is 4.79 Å². The van der Waals surface area contributed by atoms with E-state index in [1.165, 1.54) is 6.92 Å². The van der Waals surface area contributed by atoms with Crippen LogP contribution in [0.15, 0.2) is 17.0 Å². The van der Waals surface area contributed by atoms with Gasteiger partial charge >= 0.3 is 0 Å². The summed E-state index contributed by atoms with van der Waals surface area (Å²) < 4.78 is 27.6. The summed E-state index contributed by atoms with van der Waals surface area (Å²) in [6.45, 7) is 11.4. The van der Waals surface area contributed by atoms with Crippen molar-refractivity contribution in [2.75, 3.05) is 13.1 Å². The van der Waals surface area contributed by atoms with E-state index in [1.54, 1.807) is 18.7 Å². The third-order valence-electron chi connectivity index (χ3n) is 3.55. The van der Waals surface area contributed by atoms with Gasteiger partial charge in [0, 0.05) is 26.1 Å². The van der Waals surface area contributed by atoms with Crippen LogP contribution in [0.25, 0.3) is 0 Å². The predicted molar refractivity (Wildman–Crippen MR) is 88.4 cm³/mol. The van der Waals surface area contributed by atoms with Gasteiger partial charge in [0.1, 0.15) is 0 Å². The van der Waals surface area contributed by atoms with Crippen LogP contribution in [0, 0.1) is 20.8 Å². The lowest BCUT2D eigenvalue weighted by atomic mass is 10.1. The summed E-state index contributed by atoms with van der Waals surface area (Å²) >= 11 is 0. The lowest BCUT2D eigenvalue weighted by Crippen LogP contribution is -2.41. The first-order chi connectivity index (χ1) is 10.1. The lowest BCUT2D eigenvalue weighted by molar-refractivity contribution is -0.130. The summed E-state index contributed by atoms with van der Waals surface area (Å²) in [6, 6.07) is 3.76. The summed E-state index contributed by atoms with van der Waals surface area (Å²) in [5, 5.41) is 0. The molecular formula is C16H26N2O3S. The molecule has 0 unspecified atom stereocenters. The molecule has 22 heavy (non-hydrogen) atoms. The maximum Gasteiger partial charge on any atom is 0.241 e. The second-order valence-corrected chi connectivity index (χ2v) is 7.64. The van der Waals surface area contributed by atoms with Crippen molar-refractivity contribution in [2.45, 2.75) is 52.5 Å². The average molecular weight is 326 g/mol. The van der Waals surface area contributed by atoms with Gasteiger partial charge in [-0.05, 0) is 45.7 Å². The van der Waals surface area contributed by atoms with Crippen molar-refractivity contribution in [3.05, 3.63) is 28.8 Å². The highest BCUT2D eigenvalue weighted by atomic mass is 32.2. The van der Waals surface area contributed by atoms with Crippen LogP contribution in [0.4, 0.5) is 0 Å². The molecule has 1 rings (SSSR count). The Bertz CT molecular complexity index is 628. The molecule has 0 fully saturated rings. The molecule has 0 spiro atoms. The number of hydrogen-bond donors (Lipinski definition) is 1. The van der Waals surface area contributed by atoms with Crippen molar-refractivity contribution >= 4 is 15.9 Å². The third kappa shape index (κ3) is 4.55. The maximum atomic E-state index is 12.5. The molecule has 0 saturated carbocycles. The van der Waals surface area contributed by atoms with Crippen molar-refractivity contribution < 1.29 is 13.2 Å². The molecular weight excluding hydrogens is 300 g/mol. The van der Waals surface area contributed by atoms with Gasteiger partial charge in [0.05, 0.1) is 4.90 Å². The Hall–Kier alpha value is -1.40. The number of nitrogens with zero attached hydrogens (tertiary/aromatic N) is 1. The maximum absolute atomic E-state index is 12.5. The average Bonchev–Trinajstić information content (AvgIpc) is 2.31. The number of carbonyl (C=O) groups is 1. The molecule has 0 radical (unpaired) electrons. The third-order valence-corrected chi connectivity index (χ3v) is 5.31. The normalized spacial score (nSPS) is 11.8. The fraction of sp³-hybridized carbons (Fsp3) is 0.562. The molecule has 0 aromatic heterocycles. The number of amides is 1. The predicted octanol–water partition coefficient (Wildman–Crippen LogP) is 2.15. The summed E-state index contributed by atoms with van der Waals surface area (Å²) in [7, 11) is -3.57. The van der Waals surface area contributed by atoms with Gasteiger partial charge in [-0.25, -0.2) is 13.1 Å². The van der Waals surface area contributed by atoms with Crippen LogP contribution in [0.1, 0.15) is 37.5 Å². The van der Waals surface area contributed by atoms with Crippen molar-refractivity contribution in [1.82, 2.24) is 9.62 Å². The van der Waals surface area contributed by atoms with E-state index < -0.39 is 10.0 Å². The fourth-order valence-electron chi connectivity index (χ4n) is 2.74. The van der Waals surface area contributed by atoms with Crippen LogP contribution in [0.3, 0.4) is 0 Å². The lowest BCUT2D eigenvalue weighted by Gasteiger charge is -2.25. The minimum atomic E-state index is -3.57. The summed E-state index contributed by atoms with van der Waals surface area (Å²) in [5.41, 5.74) is 2.51. The number of benzene rings is 1. The Kier molecular flexibility index (Phi) is 6.14. The van der Waals surface area contributed by atoms with Gasteiger partial charge in [-0.1, -0.05) is 17.7 Å². The van der Waals surface area contributed by atoms with Crippen LogP contribution in [-0.2, 0) is 14.8 Å². The highest BCUT2D eigenvalue weighted by molar-refractivity contribution is 7.89. The minimum Gasteiger partial charge on any atom is -0.339 e. The number of sulfonamides is 1. The zero-order valence-electron chi connectivity index (χ0n) is 14.2. The molecule has 0 atom stereocenters. The van der Waals surface area contributed by atoms with Crippen LogP contribution in [-0.4, -0.2) is 38.4 Å². The van der Waals surface area contributed by atoms with E-state index in [-0.39, 0.29) is 18.5 Å². The van der Waals surface area contributed by atoms with Crippen LogP contribution >= 0.6 is 0 Å². The van der Waals surface area contributed by atoms with E-state index in [1.807, 2.05) is 32.9 Å². The highest BCUT2D eigenvalue weighted by Gasteiger charge is 2.20. The van der Waals surface area contributed by atoms with E-state index in [0.717, 1.165) is 16.7 Å². The van der Waals surface area contributed by atoms with Gasteiger partial charge in [0.25, 0.3) is 0 Å². The second-order valence-electron chi connectivity index (χ2n) is 5.93. The minimum absolute atomic E-state index is 0.0462. The van der Waals surface area contributed by atoms with E-state index in [2.05, 4.69) is 4.72 Å². The van der Waals surface area contributed by atoms with Gasteiger partial charge in [0.2, 0.25) is 15.9 Å². The topological polar surface area (TPSA) is 66.5 Å². The molecule has 0 heterocycles. The van der Waals surface area contributed by atoms with Crippen LogP contribution < -0.4 is 4.72 Å². The quantitative estimate of drug-likeness (QED) is 0.871. The van der Waals surface area contributed by atoms with Crippen LogP contribution in [0.2, 0.25) is 0 Å². The molecule has 0 saturated heterocycles. The van der Waals surface area contributed by atoms with Crippen molar-refractivity contribution in [1.29, 1.82) is 0 Å². The molecule has 6 heteroatoms. The molecule has 1 amide bonds. The first-order valence-corrected chi connectivity index (χ1v) is 8.89. The van der Waals surface area contributed by atoms with Gasteiger partial charge in [-0.2, -0.15) is 0 Å². The number of aryl methyl sites for hydroxylation is 3. The number of hydrogen-bond acceptors (Lipinski definition) is 3. The Labute approximate surface area is 133 Å². The van der Waals surface area contributed by atoms with Crippen molar-refractivity contribution in [3.8, 4) is 0 Å². The Morgan fingerprint density at radius 2 is 1.68 bits per heavy atom. The smallest absolute Gasteiger partial charge is 0.241 e. The highest BCUT2D eigenvalue weighted by Crippen LogP contribution is 2.21. The fourth-order valence-corrected chi connectivity index (χ4v) is 4.21. The zero-order valence-corrected chi connectivity index (χ0v) is 15.0. The van der Waals surface area contributed by atoms with Gasteiger partial charge in [-0.15, -0.1) is 0 Å². The zero-order chi connectivity index (χ0) is 17.1. The molecule has 0 aliphatic carbocycles. The first kappa shape index (κ1) is 18.6. The Morgan fingerprint density at radius 1 is 1.18 bits per heavy atom. The molecule has 1 N–H and O–H groups in total. The molecule has 0 aliphatic rings. The van der Waals surface area contributed by atoms with Gasteiger partial charge in [0.15, 0.2) is 0 Å². The molecule has 1 aromatic carbocycles. The van der Waals surface area contributed by atoms with Crippen molar-refractivity contribution in [3.63, 3.8) is 0 Å². The Balaban J connectivity index is 2.88. The monoisotopic (exact) mass is 326 g/mol. The molecule has 5 nitrogen and oxygen atoms in total. The first-order valence-electron chi connectivity index (χ1n) is 7.41. The number of carbonyl (C=O) groups excluding carboxylic acids is 1. The molecule has 1 aromatic rings. The second kappa shape index (κ2) is 7.24. The molecule has 0 bridgehead atoms. The molecule has 0 aliphatic heterocycles. The standard InChI is InChI=1S/C16H26N2O3S/c1-11(2)18(15(6)19)8-7-17-22(20,21)16-13(4)9-12(3)10-14(16)5/h9-11,17H,7-8H2,1-6H3. The summed E-state index contributed by atoms with van der Waals surface area (Å²) in [5.74, 6) is -0.0584. The SMILES string of the molecule is CC(=O)N(CCNS(=O)(=O)c1c(C)cc(C)cc1C)C(C)C. The Morgan fingerprint density at radius 3 is 2.09 bits per heavy atom. The molecule has 124 valence electrons. The summed E-state index contributed by atoms with van der Waals surface area (Å²) in [6.07, 6.45) is 0. The van der Waals surface area contributed by atoms with E-state index in [9.17, 15) is 13.2 Å². The van der Waals surface area contributed by atoms with E-state index in [0.29, 0.717) is 11.4 Å². The largest absolute Gasteiger partial charge is 0.339 e. The number of rotatable bonds is 6. The van der Waals surface area contributed by atoms with Gasteiger partial charge < -0.3 is 4.90 Å². The van der Waals surface area contributed by atoms with E-state index >= 15 is 0 Å². The summed E-state index contributed by atoms with van der Waals surface area (Å²) in [4.78, 5) is 13.5. The van der Waals surface area contributed by atoms with Crippen LogP contribution in [0.5, 0.6) is 0 Å². The van der Waals surface area contributed by atoms with Crippen molar-refractivity contribution in [2.24, 2.45) is 0 Å². The van der Waals surface area contributed by atoms with E-state index in [4.69, 9.17) is 0 Å².